The van der Waals surface area contributed by atoms with Crippen LogP contribution in [0.4, 0.5) is 0 Å². The van der Waals surface area contributed by atoms with Crippen molar-refractivity contribution in [2.24, 2.45) is 0 Å². The van der Waals surface area contributed by atoms with Crippen LogP contribution in [-0.2, 0) is 18.4 Å². The van der Waals surface area contributed by atoms with Gasteiger partial charge in [-0.15, -0.1) is 0 Å². The van der Waals surface area contributed by atoms with E-state index in [2.05, 4.69) is 112 Å². The van der Waals surface area contributed by atoms with Gasteiger partial charge >= 0.3 is 0 Å². The van der Waals surface area contributed by atoms with Crippen LogP contribution in [0.5, 0.6) is 0 Å². The molecule has 0 amide bonds. The first-order chi connectivity index (χ1) is 15.9. The van der Waals surface area contributed by atoms with Gasteiger partial charge in [0.15, 0.2) is 0 Å². The van der Waals surface area contributed by atoms with E-state index < -0.39 is 5.54 Å². The first-order valence-electron chi connectivity index (χ1n) is 10.8. The molecule has 2 aromatic heterocycles. The average Bonchev–Trinajstić information content (AvgIpc) is 3.35. The molecule has 0 aliphatic rings. The third-order valence-electron chi connectivity index (χ3n) is 5.85. The summed E-state index contributed by atoms with van der Waals surface area (Å²) in [5.74, 6) is 0. The highest BCUT2D eigenvalue weighted by atomic mass is 15.1. The van der Waals surface area contributed by atoms with Gasteiger partial charge in [0.25, 0.3) is 0 Å². The van der Waals surface area contributed by atoms with E-state index in [0.29, 0.717) is 0 Å². The number of nitrogens with zero attached hydrogens (tertiary/aromatic N) is 4. The zero-order chi connectivity index (χ0) is 21.6. The van der Waals surface area contributed by atoms with E-state index in [1.165, 1.54) is 16.7 Å². The van der Waals surface area contributed by atoms with E-state index in [1.54, 1.807) is 12.4 Å². The Morgan fingerprint density at radius 1 is 0.594 bits per heavy atom. The maximum Gasteiger partial charge on any atom is 0.121 e. The molecule has 0 spiro atoms. The molecule has 4 nitrogen and oxygen atoms in total. The van der Waals surface area contributed by atoms with E-state index >= 15 is 0 Å². The topological polar surface area (TPSA) is 43.6 Å². The van der Waals surface area contributed by atoms with Crippen molar-refractivity contribution in [3.05, 3.63) is 150 Å². The number of aryl methyl sites for hydroxylation is 2. The lowest BCUT2D eigenvalue weighted by Gasteiger charge is -2.37. The molecule has 0 saturated carbocycles. The first-order valence-corrected chi connectivity index (χ1v) is 10.8. The summed E-state index contributed by atoms with van der Waals surface area (Å²) in [6.07, 6.45) is 11.0. The van der Waals surface area contributed by atoms with Gasteiger partial charge in [0.2, 0.25) is 0 Å². The van der Waals surface area contributed by atoms with Crippen LogP contribution in [0.15, 0.2) is 122 Å². The molecule has 4 heteroatoms. The molecule has 0 aliphatic carbocycles. The standard InChI is InChI=1S/C28H24N4/c1-4-10-23(11-5-1)28(24-12-6-2-7-13-24,25-14-8-3-9-15-25)32-21-27(31-22-32)17-16-26-20-29-18-19-30-26/h1-15,18-22H,16-17H2. The minimum atomic E-state index is -0.526. The molecule has 0 saturated heterocycles. The fourth-order valence-electron chi connectivity index (χ4n) is 4.38. The van der Waals surface area contributed by atoms with E-state index in [9.17, 15) is 0 Å². The Morgan fingerprint density at radius 2 is 1.12 bits per heavy atom. The Morgan fingerprint density at radius 3 is 1.62 bits per heavy atom. The van der Waals surface area contributed by atoms with Crippen molar-refractivity contribution < 1.29 is 0 Å². The van der Waals surface area contributed by atoms with E-state index in [1.807, 2.05) is 12.5 Å². The zero-order valence-corrected chi connectivity index (χ0v) is 17.8. The van der Waals surface area contributed by atoms with Crippen LogP contribution in [0.2, 0.25) is 0 Å². The van der Waals surface area contributed by atoms with Crippen LogP contribution in [0, 0.1) is 0 Å². The summed E-state index contributed by atoms with van der Waals surface area (Å²) in [5.41, 5.74) is 5.05. The molecule has 0 N–H and O–H groups in total. The molecule has 156 valence electrons. The fourth-order valence-corrected chi connectivity index (χ4v) is 4.38. The van der Waals surface area contributed by atoms with Crippen LogP contribution in [-0.4, -0.2) is 19.5 Å². The predicted octanol–water partition coefficient (Wildman–Crippen LogP) is 5.30. The van der Waals surface area contributed by atoms with Crippen molar-refractivity contribution in [2.75, 3.05) is 0 Å². The molecule has 0 unspecified atom stereocenters. The quantitative estimate of drug-likeness (QED) is 0.338. The van der Waals surface area contributed by atoms with Crippen LogP contribution in [0.1, 0.15) is 28.1 Å². The monoisotopic (exact) mass is 416 g/mol. The molecule has 5 aromatic rings. The van der Waals surface area contributed by atoms with Gasteiger partial charge in [-0.25, -0.2) is 4.98 Å². The van der Waals surface area contributed by atoms with Crippen LogP contribution < -0.4 is 0 Å². The minimum absolute atomic E-state index is 0.526. The van der Waals surface area contributed by atoms with E-state index in [0.717, 1.165) is 24.2 Å². The molecule has 2 heterocycles. The highest BCUT2D eigenvalue weighted by Crippen LogP contribution is 2.40. The molecule has 0 fully saturated rings. The molecule has 5 rings (SSSR count). The predicted molar refractivity (Wildman–Crippen MR) is 126 cm³/mol. The van der Waals surface area contributed by atoms with E-state index in [-0.39, 0.29) is 0 Å². The summed E-state index contributed by atoms with van der Waals surface area (Å²) in [6, 6.07) is 31.9. The lowest BCUT2D eigenvalue weighted by atomic mass is 9.77. The molecule has 3 aromatic carbocycles. The molecule has 0 bridgehead atoms. The Balaban J connectivity index is 1.65. The van der Waals surface area contributed by atoms with Crippen molar-refractivity contribution in [1.29, 1.82) is 0 Å². The van der Waals surface area contributed by atoms with Crippen molar-refractivity contribution >= 4 is 0 Å². The van der Waals surface area contributed by atoms with E-state index in [4.69, 9.17) is 4.98 Å². The van der Waals surface area contributed by atoms with Gasteiger partial charge in [0.1, 0.15) is 5.54 Å². The van der Waals surface area contributed by atoms with Crippen molar-refractivity contribution in [3.63, 3.8) is 0 Å². The lowest BCUT2D eigenvalue weighted by Crippen LogP contribution is -2.36. The summed E-state index contributed by atoms with van der Waals surface area (Å²) in [6.45, 7) is 0. The molecule has 0 aliphatic heterocycles. The Bertz CT molecular complexity index is 1150. The molecule has 32 heavy (non-hydrogen) atoms. The van der Waals surface area contributed by atoms with Gasteiger partial charge in [0.05, 0.1) is 17.7 Å². The van der Waals surface area contributed by atoms with Gasteiger partial charge in [0, 0.05) is 24.8 Å². The molecule has 0 atom stereocenters. The molecular formula is C28H24N4. The second-order valence-corrected chi connectivity index (χ2v) is 7.78. The molecule has 0 radical (unpaired) electrons. The normalized spacial score (nSPS) is 11.4. The number of aromatic nitrogens is 4. The van der Waals surface area contributed by atoms with Gasteiger partial charge in [-0.3, -0.25) is 9.97 Å². The van der Waals surface area contributed by atoms with Gasteiger partial charge in [-0.2, -0.15) is 0 Å². The zero-order valence-electron chi connectivity index (χ0n) is 17.8. The number of hydrogen-bond acceptors (Lipinski definition) is 3. The summed E-state index contributed by atoms with van der Waals surface area (Å²) in [5, 5.41) is 0. The third kappa shape index (κ3) is 3.71. The molecular weight excluding hydrogens is 392 g/mol. The first kappa shape index (κ1) is 19.9. The number of benzene rings is 3. The van der Waals surface area contributed by atoms with Crippen molar-refractivity contribution in [1.82, 2.24) is 19.5 Å². The summed E-state index contributed by atoms with van der Waals surface area (Å²) in [4.78, 5) is 13.4. The maximum absolute atomic E-state index is 4.79. The largest absolute Gasteiger partial charge is 0.319 e. The van der Waals surface area contributed by atoms with Gasteiger partial charge in [-0.1, -0.05) is 91.0 Å². The minimum Gasteiger partial charge on any atom is -0.319 e. The summed E-state index contributed by atoms with van der Waals surface area (Å²) in [7, 11) is 0. The van der Waals surface area contributed by atoms with Crippen molar-refractivity contribution in [2.45, 2.75) is 18.4 Å². The summed E-state index contributed by atoms with van der Waals surface area (Å²) < 4.78 is 2.25. The Kier molecular flexibility index (Phi) is 5.58. The van der Waals surface area contributed by atoms with Gasteiger partial charge < -0.3 is 4.57 Å². The highest BCUT2D eigenvalue weighted by Gasteiger charge is 2.38. The second kappa shape index (κ2) is 8.98. The number of hydrogen-bond donors (Lipinski definition) is 0. The fraction of sp³-hybridized carbons (Fsp3) is 0.107. The number of imidazole rings is 1. The average molecular weight is 417 g/mol. The highest BCUT2D eigenvalue weighted by molar-refractivity contribution is 5.50. The van der Waals surface area contributed by atoms with Crippen molar-refractivity contribution in [3.8, 4) is 0 Å². The second-order valence-electron chi connectivity index (χ2n) is 7.78. The Hall–Kier alpha value is -4.05. The van der Waals surface area contributed by atoms with Crippen LogP contribution in [0.3, 0.4) is 0 Å². The SMILES string of the molecule is c1ccc(C(c2ccccc2)(c2ccccc2)n2cnc(CCc3cnccn3)c2)cc1. The summed E-state index contributed by atoms with van der Waals surface area (Å²) >= 11 is 0. The third-order valence-corrected chi connectivity index (χ3v) is 5.85. The van der Waals surface area contributed by atoms with Crippen LogP contribution >= 0.6 is 0 Å². The van der Waals surface area contributed by atoms with Gasteiger partial charge in [-0.05, 0) is 29.5 Å². The Labute approximate surface area is 188 Å². The van der Waals surface area contributed by atoms with Crippen LogP contribution in [0.25, 0.3) is 0 Å². The maximum atomic E-state index is 4.79. The number of rotatable bonds is 7. The lowest BCUT2D eigenvalue weighted by molar-refractivity contribution is 0.514. The smallest absolute Gasteiger partial charge is 0.121 e.